The number of hydrogen-bond donors (Lipinski definition) is 2. The molecule has 0 aliphatic heterocycles. The Morgan fingerprint density at radius 3 is 2.50 bits per heavy atom. The number of nitrogen functional groups attached to an aromatic ring is 1. The number of halogens is 1. The van der Waals surface area contributed by atoms with Crippen LogP contribution in [0.3, 0.4) is 0 Å². The number of methoxy groups -OCH3 is 1. The Balaban J connectivity index is 2.30. The van der Waals surface area contributed by atoms with Crippen molar-refractivity contribution in [2.75, 3.05) is 12.5 Å². The highest BCUT2D eigenvalue weighted by Crippen LogP contribution is 2.34. The second-order valence-corrected chi connectivity index (χ2v) is 5.02. The zero-order valence-corrected chi connectivity index (χ0v) is 12.4. The number of anilines is 1. The van der Waals surface area contributed by atoms with E-state index in [-0.39, 0.29) is 5.82 Å². The molecule has 3 rings (SSSR count). The Morgan fingerprint density at radius 1 is 1.14 bits per heavy atom. The summed E-state index contributed by atoms with van der Waals surface area (Å²) in [5, 5.41) is 0.970. The number of aryl methyl sites for hydroxylation is 1. The van der Waals surface area contributed by atoms with Crippen LogP contribution in [0.1, 0.15) is 5.56 Å². The third kappa shape index (κ3) is 2.35. The number of nitrogens with two attached hydrogens (primary N) is 1. The number of benzene rings is 2. The summed E-state index contributed by atoms with van der Waals surface area (Å²) in [6.07, 6.45) is 0. The van der Waals surface area contributed by atoms with Crippen LogP contribution >= 0.6 is 0 Å². The van der Waals surface area contributed by atoms with Gasteiger partial charge in [-0.15, -0.1) is 0 Å². The van der Waals surface area contributed by atoms with Gasteiger partial charge < -0.3 is 10.2 Å². The van der Waals surface area contributed by atoms with Gasteiger partial charge in [-0.1, -0.05) is 18.2 Å². The Bertz CT molecular complexity index is 831. The molecular formula is C17H16FN3O. The van der Waals surface area contributed by atoms with E-state index in [9.17, 15) is 4.39 Å². The van der Waals surface area contributed by atoms with E-state index in [1.807, 2.05) is 25.1 Å². The molecule has 112 valence electrons. The molecule has 0 amide bonds. The summed E-state index contributed by atoms with van der Waals surface area (Å²) in [5.41, 5.74) is 6.08. The number of hydrazine groups is 1. The van der Waals surface area contributed by atoms with E-state index in [4.69, 9.17) is 10.6 Å². The smallest absolute Gasteiger partial charge is 0.148 e. The first kappa shape index (κ1) is 14.3. The Hall–Kier alpha value is -2.66. The van der Waals surface area contributed by atoms with Crippen molar-refractivity contribution in [1.29, 1.82) is 0 Å². The topological polar surface area (TPSA) is 60.2 Å². The lowest BCUT2D eigenvalue weighted by Crippen LogP contribution is -2.10. The maximum atomic E-state index is 13.1. The number of rotatable bonds is 3. The van der Waals surface area contributed by atoms with Crippen LogP contribution in [0.25, 0.3) is 22.0 Å². The lowest BCUT2D eigenvalue weighted by Gasteiger charge is -2.13. The number of nitrogens with one attached hydrogen (secondary N) is 1. The van der Waals surface area contributed by atoms with E-state index in [2.05, 4.69) is 10.4 Å². The summed E-state index contributed by atoms with van der Waals surface area (Å²) in [5.74, 6) is 6.53. The number of aromatic nitrogens is 1. The second kappa shape index (κ2) is 5.61. The molecule has 0 unspecified atom stereocenters. The Morgan fingerprint density at radius 2 is 1.86 bits per heavy atom. The van der Waals surface area contributed by atoms with Crippen LogP contribution in [-0.2, 0) is 0 Å². The van der Waals surface area contributed by atoms with E-state index in [1.54, 1.807) is 19.2 Å². The molecule has 5 heteroatoms. The highest BCUT2D eigenvalue weighted by atomic mass is 19.1. The number of fused-ring (bicyclic) bond motifs is 1. The van der Waals surface area contributed by atoms with Gasteiger partial charge in [-0.05, 0) is 42.3 Å². The second-order valence-electron chi connectivity index (χ2n) is 5.02. The molecule has 0 atom stereocenters. The molecule has 0 bridgehead atoms. The van der Waals surface area contributed by atoms with Crippen molar-refractivity contribution in [2.24, 2.45) is 5.84 Å². The molecule has 2 aromatic carbocycles. The van der Waals surface area contributed by atoms with E-state index >= 15 is 0 Å². The number of pyridine rings is 1. The fourth-order valence-corrected chi connectivity index (χ4v) is 2.50. The van der Waals surface area contributed by atoms with Gasteiger partial charge >= 0.3 is 0 Å². The molecule has 4 nitrogen and oxygen atoms in total. The average molecular weight is 297 g/mol. The zero-order chi connectivity index (χ0) is 15.7. The molecule has 3 N–H and O–H groups in total. The van der Waals surface area contributed by atoms with Crippen molar-refractivity contribution in [1.82, 2.24) is 4.98 Å². The van der Waals surface area contributed by atoms with Gasteiger partial charge in [0.1, 0.15) is 22.9 Å². The van der Waals surface area contributed by atoms with Crippen molar-refractivity contribution in [2.45, 2.75) is 6.92 Å². The Labute approximate surface area is 127 Å². The number of hydrogen-bond acceptors (Lipinski definition) is 4. The molecule has 1 heterocycles. The predicted octanol–water partition coefficient (Wildman–Crippen LogP) is 3.64. The third-order valence-corrected chi connectivity index (χ3v) is 3.68. The van der Waals surface area contributed by atoms with Crippen LogP contribution in [0.2, 0.25) is 0 Å². The molecule has 0 spiro atoms. The molecule has 3 aromatic rings. The monoisotopic (exact) mass is 297 g/mol. The average Bonchev–Trinajstić information content (AvgIpc) is 2.55. The van der Waals surface area contributed by atoms with Gasteiger partial charge in [0.2, 0.25) is 0 Å². The first-order valence-electron chi connectivity index (χ1n) is 6.85. The van der Waals surface area contributed by atoms with Crippen LogP contribution in [0, 0.1) is 12.7 Å². The summed E-state index contributed by atoms with van der Waals surface area (Å²) in [7, 11) is 1.61. The van der Waals surface area contributed by atoms with E-state index in [0.29, 0.717) is 11.6 Å². The highest BCUT2D eigenvalue weighted by molar-refractivity contribution is 5.94. The molecule has 0 saturated heterocycles. The maximum Gasteiger partial charge on any atom is 0.148 e. The van der Waals surface area contributed by atoms with E-state index < -0.39 is 0 Å². The van der Waals surface area contributed by atoms with E-state index in [1.165, 1.54) is 12.1 Å². The summed E-state index contributed by atoms with van der Waals surface area (Å²) in [6.45, 7) is 2.01. The van der Waals surface area contributed by atoms with Gasteiger partial charge in [0, 0.05) is 10.9 Å². The van der Waals surface area contributed by atoms with Crippen LogP contribution in [0.15, 0.2) is 42.5 Å². The molecule has 0 saturated carbocycles. The van der Waals surface area contributed by atoms with Crippen LogP contribution in [-0.4, -0.2) is 12.1 Å². The van der Waals surface area contributed by atoms with Gasteiger partial charge in [0.25, 0.3) is 0 Å². The minimum absolute atomic E-state index is 0.280. The SMILES string of the molecule is COc1ccc(C)c2cc(-c3ccc(F)cc3)c(NN)nc12. The van der Waals surface area contributed by atoms with Crippen molar-refractivity contribution < 1.29 is 9.13 Å². The summed E-state index contributed by atoms with van der Waals surface area (Å²) < 4.78 is 18.5. The largest absolute Gasteiger partial charge is 0.494 e. The van der Waals surface area contributed by atoms with Crippen molar-refractivity contribution in [3.05, 3.63) is 53.8 Å². The van der Waals surface area contributed by atoms with Crippen LogP contribution in [0.4, 0.5) is 10.2 Å². The van der Waals surface area contributed by atoms with E-state index in [0.717, 1.165) is 27.6 Å². The van der Waals surface area contributed by atoms with Gasteiger partial charge in [0.05, 0.1) is 7.11 Å². The minimum Gasteiger partial charge on any atom is -0.494 e. The molecular weight excluding hydrogens is 281 g/mol. The first-order chi connectivity index (χ1) is 10.6. The molecule has 0 aliphatic rings. The Kier molecular flexibility index (Phi) is 3.65. The lowest BCUT2D eigenvalue weighted by atomic mass is 10.0. The fourth-order valence-electron chi connectivity index (χ4n) is 2.50. The summed E-state index contributed by atoms with van der Waals surface area (Å²) in [6, 6.07) is 12.1. The van der Waals surface area contributed by atoms with Crippen molar-refractivity contribution in [3.8, 4) is 16.9 Å². The highest BCUT2D eigenvalue weighted by Gasteiger charge is 2.13. The molecule has 1 aromatic heterocycles. The van der Waals surface area contributed by atoms with Crippen molar-refractivity contribution >= 4 is 16.7 Å². The molecule has 0 aliphatic carbocycles. The van der Waals surface area contributed by atoms with Crippen LogP contribution < -0.4 is 16.0 Å². The third-order valence-electron chi connectivity index (χ3n) is 3.68. The zero-order valence-electron chi connectivity index (χ0n) is 12.4. The summed E-state index contributed by atoms with van der Waals surface area (Å²) in [4.78, 5) is 4.57. The molecule has 0 fully saturated rings. The quantitative estimate of drug-likeness (QED) is 0.572. The number of ether oxygens (including phenoxy) is 1. The summed E-state index contributed by atoms with van der Waals surface area (Å²) >= 11 is 0. The van der Waals surface area contributed by atoms with Gasteiger partial charge in [-0.2, -0.15) is 0 Å². The van der Waals surface area contributed by atoms with Crippen molar-refractivity contribution in [3.63, 3.8) is 0 Å². The predicted molar refractivity (Wildman–Crippen MR) is 86.2 cm³/mol. The maximum absolute atomic E-state index is 13.1. The van der Waals surface area contributed by atoms with Gasteiger partial charge in [-0.3, -0.25) is 0 Å². The normalized spacial score (nSPS) is 10.7. The lowest BCUT2D eigenvalue weighted by molar-refractivity contribution is 0.419. The number of nitrogens with zero attached hydrogens (tertiary/aromatic N) is 1. The van der Waals surface area contributed by atoms with Gasteiger partial charge in [-0.25, -0.2) is 15.2 Å². The minimum atomic E-state index is -0.280. The first-order valence-corrected chi connectivity index (χ1v) is 6.85. The standard InChI is InChI=1S/C17H16FN3O/c1-10-3-8-15(22-2)16-13(10)9-14(17(20-16)21-19)11-4-6-12(18)7-5-11/h3-9H,19H2,1-2H3,(H,20,21). The van der Waals surface area contributed by atoms with Gasteiger partial charge in [0.15, 0.2) is 0 Å². The molecule has 22 heavy (non-hydrogen) atoms. The fraction of sp³-hybridized carbons (Fsp3) is 0.118. The molecule has 0 radical (unpaired) electrons. The van der Waals surface area contributed by atoms with Crippen LogP contribution in [0.5, 0.6) is 5.75 Å².